The van der Waals surface area contributed by atoms with Gasteiger partial charge in [0.25, 0.3) is 0 Å². The molecule has 0 aromatic carbocycles. The number of nitrogens with one attached hydrogen (secondary N) is 2. The predicted molar refractivity (Wildman–Crippen MR) is 59.8 cm³/mol. The zero-order valence-corrected chi connectivity index (χ0v) is 9.52. The molecule has 0 fully saturated rings. The first-order chi connectivity index (χ1) is 8.08. The van der Waals surface area contributed by atoms with E-state index in [0.717, 1.165) is 0 Å². The average molecular weight is 239 g/mol. The number of ether oxygens (including phenoxy) is 2. The van der Waals surface area contributed by atoms with Crippen molar-refractivity contribution in [2.45, 2.75) is 0 Å². The Morgan fingerprint density at radius 2 is 2.06 bits per heavy atom. The number of aromatic nitrogens is 1. The van der Waals surface area contributed by atoms with Gasteiger partial charge in [-0.15, -0.1) is 0 Å². The van der Waals surface area contributed by atoms with Gasteiger partial charge in [-0.3, -0.25) is 15.4 Å². The molecule has 0 atom stereocenters. The molecule has 1 aromatic rings. The van der Waals surface area contributed by atoms with Crippen LogP contribution in [0.25, 0.3) is 0 Å². The van der Waals surface area contributed by atoms with Gasteiger partial charge in [0.2, 0.25) is 0 Å². The Hall–Kier alpha value is -2.44. The Morgan fingerprint density at radius 1 is 1.35 bits per heavy atom. The third kappa shape index (κ3) is 3.26. The topological polar surface area (TPSA) is 81.6 Å². The van der Waals surface area contributed by atoms with E-state index in [4.69, 9.17) is 0 Å². The van der Waals surface area contributed by atoms with Gasteiger partial charge < -0.3 is 9.47 Å². The van der Waals surface area contributed by atoms with Crippen LogP contribution < -0.4 is 10.7 Å². The van der Waals surface area contributed by atoms with Crippen molar-refractivity contribution in [1.82, 2.24) is 9.99 Å². The third-order valence-corrected chi connectivity index (χ3v) is 1.84. The monoisotopic (exact) mass is 239 g/mol. The molecule has 0 bridgehead atoms. The van der Waals surface area contributed by atoms with E-state index in [0.29, 0.717) is 0 Å². The summed E-state index contributed by atoms with van der Waals surface area (Å²) in [6, 6.07) is 3.20. The second-order valence-corrected chi connectivity index (χ2v) is 2.96. The Kier molecular flexibility index (Phi) is 4.15. The second-order valence-electron chi connectivity index (χ2n) is 2.96. The first kappa shape index (κ1) is 12.6. The summed E-state index contributed by atoms with van der Waals surface area (Å²) in [6.07, 6.45) is 0.922. The van der Waals surface area contributed by atoms with Crippen LogP contribution in [-0.2, 0) is 9.47 Å². The van der Waals surface area contributed by atoms with Crippen LogP contribution in [0, 0.1) is 0 Å². The fourth-order valence-corrected chi connectivity index (χ4v) is 1.10. The maximum atomic E-state index is 11.3. The highest BCUT2D eigenvalue weighted by Crippen LogP contribution is 2.02. The maximum Gasteiger partial charge on any atom is 0.412 e. The molecule has 1 rings (SSSR count). The lowest BCUT2D eigenvalue weighted by molar-refractivity contribution is 0.0590. The van der Waals surface area contributed by atoms with Crippen molar-refractivity contribution in [2.75, 3.05) is 19.6 Å². The summed E-state index contributed by atoms with van der Waals surface area (Å²) in [5, 5.41) is 2.31. The Bertz CT molecular complexity index is 439. The molecule has 1 amide bonds. The Morgan fingerprint density at radius 3 is 2.65 bits per heavy atom. The number of hydrogen-bond donors (Lipinski definition) is 2. The zero-order chi connectivity index (χ0) is 12.8. The minimum Gasteiger partial charge on any atom is -0.464 e. The molecule has 7 nitrogen and oxygen atoms in total. The SMILES string of the molecule is C=C(NC(=O)OC)Nn1cccc1C(=O)OC. The molecule has 0 aliphatic rings. The molecule has 0 saturated heterocycles. The molecular weight excluding hydrogens is 226 g/mol. The highest BCUT2D eigenvalue weighted by Gasteiger charge is 2.11. The lowest BCUT2D eigenvalue weighted by Crippen LogP contribution is -2.31. The number of amides is 1. The van der Waals surface area contributed by atoms with Crippen molar-refractivity contribution >= 4 is 12.1 Å². The molecule has 0 aliphatic carbocycles. The van der Waals surface area contributed by atoms with Crippen LogP contribution in [0.1, 0.15) is 10.5 Å². The molecule has 0 saturated carbocycles. The van der Waals surface area contributed by atoms with Gasteiger partial charge in [-0.2, -0.15) is 0 Å². The summed E-state index contributed by atoms with van der Waals surface area (Å²) < 4.78 is 10.3. The van der Waals surface area contributed by atoms with E-state index in [1.165, 1.54) is 18.9 Å². The van der Waals surface area contributed by atoms with Gasteiger partial charge in [0.1, 0.15) is 11.5 Å². The van der Waals surface area contributed by atoms with Crippen LogP contribution >= 0.6 is 0 Å². The van der Waals surface area contributed by atoms with E-state index in [9.17, 15) is 9.59 Å². The van der Waals surface area contributed by atoms with Crippen molar-refractivity contribution in [3.8, 4) is 0 Å². The molecular formula is C10H13N3O4. The standard InChI is InChI=1S/C10H13N3O4/c1-7(11-10(15)17-3)12-13-6-4-5-8(13)9(14)16-2/h4-6,12H,1H2,2-3H3,(H,11,15). The van der Waals surface area contributed by atoms with E-state index in [2.05, 4.69) is 26.8 Å². The van der Waals surface area contributed by atoms with E-state index in [-0.39, 0.29) is 11.5 Å². The van der Waals surface area contributed by atoms with Crippen LogP contribution in [-0.4, -0.2) is 31.0 Å². The molecule has 7 heteroatoms. The van der Waals surface area contributed by atoms with Crippen LogP contribution in [0.3, 0.4) is 0 Å². The smallest absolute Gasteiger partial charge is 0.412 e. The molecule has 1 aromatic heterocycles. The van der Waals surface area contributed by atoms with Gasteiger partial charge >= 0.3 is 12.1 Å². The van der Waals surface area contributed by atoms with Crippen LogP contribution in [0.15, 0.2) is 30.7 Å². The van der Waals surface area contributed by atoms with Gasteiger partial charge in [0, 0.05) is 6.20 Å². The van der Waals surface area contributed by atoms with Gasteiger partial charge in [-0.05, 0) is 12.1 Å². The molecule has 0 aliphatic heterocycles. The van der Waals surface area contributed by atoms with E-state index in [1.807, 2.05) is 0 Å². The van der Waals surface area contributed by atoms with E-state index < -0.39 is 12.1 Å². The molecule has 92 valence electrons. The van der Waals surface area contributed by atoms with Gasteiger partial charge in [-0.1, -0.05) is 6.58 Å². The number of methoxy groups -OCH3 is 2. The van der Waals surface area contributed by atoms with E-state index in [1.54, 1.807) is 18.3 Å². The van der Waals surface area contributed by atoms with Crippen molar-refractivity contribution in [2.24, 2.45) is 0 Å². The summed E-state index contributed by atoms with van der Waals surface area (Å²) in [5.41, 5.74) is 2.96. The Labute approximate surface area is 98.0 Å². The maximum absolute atomic E-state index is 11.3. The molecule has 1 heterocycles. The number of carbonyl (C=O) groups is 2. The first-order valence-corrected chi connectivity index (χ1v) is 4.65. The van der Waals surface area contributed by atoms with Crippen molar-refractivity contribution < 1.29 is 19.1 Å². The lowest BCUT2D eigenvalue weighted by atomic mass is 10.4. The largest absolute Gasteiger partial charge is 0.464 e. The minimum absolute atomic E-state index is 0.165. The van der Waals surface area contributed by atoms with Crippen LogP contribution in [0.2, 0.25) is 0 Å². The normalized spacial score (nSPS) is 9.29. The summed E-state index contributed by atoms with van der Waals surface area (Å²) in [4.78, 5) is 22.2. The molecule has 0 radical (unpaired) electrons. The Balaban J connectivity index is 2.69. The van der Waals surface area contributed by atoms with Gasteiger partial charge in [-0.25, -0.2) is 9.59 Å². The summed E-state index contributed by atoms with van der Waals surface area (Å²) in [7, 11) is 2.51. The third-order valence-electron chi connectivity index (χ3n) is 1.84. The molecule has 17 heavy (non-hydrogen) atoms. The van der Waals surface area contributed by atoms with Crippen molar-refractivity contribution in [1.29, 1.82) is 0 Å². The minimum atomic E-state index is -0.658. The average Bonchev–Trinajstić information content (AvgIpc) is 2.75. The number of nitrogens with zero attached hydrogens (tertiary/aromatic N) is 1. The number of rotatable bonds is 4. The molecule has 0 unspecified atom stereocenters. The first-order valence-electron chi connectivity index (χ1n) is 4.65. The lowest BCUT2D eigenvalue weighted by Gasteiger charge is -2.13. The summed E-state index contributed by atoms with van der Waals surface area (Å²) in [6.45, 7) is 3.55. The zero-order valence-electron chi connectivity index (χ0n) is 9.52. The van der Waals surface area contributed by atoms with Crippen molar-refractivity contribution in [3.63, 3.8) is 0 Å². The van der Waals surface area contributed by atoms with Crippen LogP contribution in [0.5, 0.6) is 0 Å². The number of alkyl carbamates (subject to hydrolysis) is 1. The highest BCUT2D eigenvalue weighted by molar-refractivity contribution is 5.87. The quantitative estimate of drug-likeness (QED) is 0.754. The highest BCUT2D eigenvalue weighted by atomic mass is 16.5. The number of hydrogen-bond acceptors (Lipinski definition) is 5. The van der Waals surface area contributed by atoms with Crippen molar-refractivity contribution in [3.05, 3.63) is 36.4 Å². The van der Waals surface area contributed by atoms with E-state index >= 15 is 0 Å². The summed E-state index contributed by atoms with van der Waals surface area (Å²) in [5.74, 6) is -0.341. The number of carbonyl (C=O) groups excluding carboxylic acids is 2. The van der Waals surface area contributed by atoms with Gasteiger partial charge in [0.15, 0.2) is 0 Å². The molecule has 2 N–H and O–H groups in total. The fourth-order valence-electron chi connectivity index (χ4n) is 1.10. The van der Waals surface area contributed by atoms with Crippen LogP contribution in [0.4, 0.5) is 4.79 Å². The summed E-state index contributed by atoms with van der Waals surface area (Å²) >= 11 is 0. The molecule has 0 spiro atoms. The fraction of sp³-hybridized carbons (Fsp3) is 0.200. The predicted octanol–water partition coefficient (Wildman–Crippen LogP) is 0.645. The van der Waals surface area contributed by atoms with Gasteiger partial charge in [0.05, 0.1) is 14.2 Å². The number of esters is 1. The second kappa shape index (κ2) is 5.59.